The van der Waals surface area contributed by atoms with E-state index in [2.05, 4.69) is 10.3 Å². The molecule has 1 aromatic carbocycles. The van der Waals surface area contributed by atoms with Gasteiger partial charge in [-0.2, -0.15) is 0 Å². The Morgan fingerprint density at radius 3 is 2.58 bits per heavy atom. The predicted molar refractivity (Wildman–Crippen MR) is 102 cm³/mol. The van der Waals surface area contributed by atoms with Crippen LogP contribution in [0.15, 0.2) is 30.5 Å². The number of benzene rings is 1. The van der Waals surface area contributed by atoms with Crippen molar-refractivity contribution in [3.05, 3.63) is 46.7 Å². The molecule has 1 unspecified atom stereocenters. The maximum Gasteiger partial charge on any atom is 0.282 e. The highest BCUT2D eigenvalue weighted by Gasteiger charge is 2.24. The number of carbonyl (C=O) groups excluding carboxylic acids is 1. The van der Waals surface area contributed by atoms with Crippen LogP contribution in [0.3, 0.4) is 0 Å². The molecular formula is C19H25ClN3O3+. The topological polar surface area (TPSA) is 64.9 Å². The maximum atomic E-state index is 12.5. The fraction of sp³-hybridized carbons (Fsp3) is 0.368. The van der Waals surface area contributed by atoms with Crippen molar-refractivity contribution in [3.8, 4) is 11.5 Å². The van der Waals surface area contributed by atoms with Gasteiger partial charge in [0.2, 0.25) is 0 Å². The van der Waals surface area contributed by atoms with E-state index in [-0.39, 0.29) is 17.1 Å². The second-order valence-electron chi connectivity index (χ2n) is 6.21. The zero-order valence-electron chi connectivity index (χ0n) is 15.7. The fourth-order valence-electron chi connectivity index (χ4n) is 2.61. The Labute approximate surface area is 159 Å². The molecule has 26 heavy (non-hydrogen) atoms. The first-order chi connectivity index (χ1) is 12.4. The van der Waals surface area contributed by atoms with E-state index in [1.807, 2.05) is 33.0 Å². The number of quaternary nitrogens is 1. The van der Waals surface area contributed by atoms with Crippen LogP contribution in [-0.4, -0.2) is 38.2 Å². The van der Waals surface area contributed by atoms with Crippen LogP contribution in [0.1, 0.15) is 18.1 Å². The third kappa shape index (κ3) is 4.65. The smallest absolute Gasteiger partial charge is 0.282 e. The average Bonchev–Trinajstić information content (AvgIpc) is 2.63. The third-order valence-electron chi connectivity index (χ3n) is 4.46. The molecule has 0 saturated carbocycles. The number of anilines is 1. The van der Waals surface area contributed by atoms with Crippen LogP contribution in [0.4, 0.5) is 5.69 Å². The second-order valence-corrected chi connectivity index (χ2v) is 6.57. The largest absolute Gasteiger partial charge is 0.493 e. The van der Waals surface area contributed by atoms with Crippen LogP contribution in [0.5, 0.6) is 11.5 Å². The lowest BCUT2D eigenvalue weighted by molar-refractivity contribution is -0.907. The summed E-state index contributed by atoms with van der Waals surface area (Å²) in [6.45, 7) is 4.57. The summed E-state index contributed by atoms with van der Waals surface area (Å²) in [7, 11) is 5.21. The lowest BCUT2D eigenvalue weighted by Gasteiger charge is -2.22. The number of hydrogen-bond acceptors (Lipinski definition) is 4. The summed E-state index contributed by atoms with van der Waals surface area (Å²) in [6.07, 6.45) is 1.58. The number of nitrogens with one attached hydrogen (secondary N) is 2. The molecule has 2 aromatic rings. The first kappa shape index (κ1) is 20.0. The van der Waals surface area contributed by atoms with Gasteiger partial charge in [-0.15, -0.1) is 0 Å². The zero-order chi connectivity index (χ0) is 19.3. The highest BCUT2D eigenvalue weighted by molar-refractivity contribution is 6.32. The van der Waals surface area contributed by atoms with E-state index < -0.39 is 0 Å². The number of aryl methyl sites for hydroxylation is 1. The number of aromatic nitrogens is 1. The van der Waals surface area contributed by atoms with Crippen molar-refractivity contribution in [1.29, 1.82) is 0 Å². The third-order valence-corrected chi connectivity index (χ3v) is 4.76. The van der Waals surface area contributed by atoms with E-state index in [0.29, 0.717) is 23.7 Å². The number of hydrogen-bond donors (Lipinski definition) is 2. The minimum Gasteiger partial charge on any atom is -0.493 e. The molecule has 0 bridgehead atoms. The Bertz CT molecular complexity index is 783. The van der Waals surface area contributed by atoms with Crippen molar-refractivity contribution in [3.63, 3.8) is 0 Å². The van der Waals surface area contributed by atoms with Gasteiger partial charge in [-0.05, 0) is 43.7 Å². The molecule has 0 radical (unpaired) electrons. The molecule has 2 atom stereocenters. The molecule has 0 aliphatic heterocycles. The molecule has 1 amide bonds. The molecule has 2 N–H and O–H groups in total. The monoisotopic (exact) mass is 378 g/mol. The van der Waals surface area contributed by atoms with Gasteiger partial charge < -0.3 is 19.7 Å². The summed E-state index contributed by atoms with van der Waals surface area (Å²) >= 11 is 6.01. The Morgan fingerprint density at radius 2 is 1.96 bits per heavy atom. The quantitative estimate of drug-likeness (QED) is 0.724. The van der Waals surface area contributed by atoms with Gasteiger partial charge in [-0.25, -0.2) is 4.98 Å². The summed E-state index contributed by atoms with van der Waals surface area (Å²) in [5.41, 5.74) is 2.70. The van der Waals surface area contributed by atoms with Crippen molar-refractivity contribution in [1.82, 2.24) is 4.98 Å². The van der Waals surface area contributed by atoms with Gasteiger partial charge in [-0.3, -0.25) is 4.79 Å². The molecule has 0 aliphatic rings. The van der Waals surface area contributed by atoms with Crippen molar-refractivity contribution >= 4 is 23.2 Å². The van der Waals surface area contributed by atoms with Gasteiger partial charge in [0.25, 0.3) is 5.91 Å². The Morgan fingerprint density at radius 1 is 1.31 bits per heavy atom. The lowest BCUT2D eigenvalue weighted by Crippen LogP contribution is -3.12. The Balaban J connectivity index is 2.10. The number of likely N-dealkylation sites (N-methyl/N-ethyl adjacent to an activating group) is 1. The molecule has 0 spiro atoms. The van der Waals surface area contributed by atoms with Gasteiger partial charge in [-0.1, -0.05) is 11.6 Å². The number of pyridine rings is 1. The van der Waals surface area contributed by atoms with E-state index >= 15 is 0 Å². The first-order valence-electron chi connectivity index (χ1n) is 8.32. The molecule has 0 fully saturated rings. The highest BCUT2D eigenvalue weighted by Crippen LogP contribution is 2.29. The summed E-state index contributed by atoms with van der Waals surface area (Å²) in [5, 5.41) is 3.11. The Kier molecular flexibility index (Phi) is 6.83. The molecule has 140 valence electrons. The lowest BCUT2D eigenvalue weighted by atomic mass is 10.1. The van der Waals surface area contributed by atoms with Crippen molar-refractivity contribution in [2.24, 2.45) is 0 Å². The molecular weight excluding hydrogens is 354 g/mol. The predicted octanol–water partition coefficient (Wildman–Crippen LogP) is 2.10. The fourth-order valence-corrected chi connectivity index (χ4v) is 2.78. The van der Waals surface area contributed by atoms with Crippen molar-refractivity contribution < 1.29 is 19.2 Å². The van der Waals surface area contributed by atoms with E-state index in [9.17, 15) is 4.79 Å². The van der Waals surface area contributed by atoms with Gasteiger partial charge in [0.05, 0.1) is 27.0 Å². The molecule has 7 heteroatoms. The van der Waals surface area contributed by atoms with Crippen LogP contribution in [0.2, 0.25) is 5.15 Å². The van der Waals surface area contributed by atoms with E-state index in [1.165, 1.54) is 0 Å². The zero-order valence-corrected chi connectivity index (χ0v) is 16.5. The SMILES string of the molecule is COc1cc(C)c(C[NH+](C)[C@H](C)C(=O)Nc2cccnc2Cl)cc1OC. The Hall–Kier alpha value is -2.31. The van der Waals surface area contributed by atoms with Gasteiger partial charge in [0, 0.05) is 11.8 Å². The van der Waals surface area contributed by atoms with E-state index in [0.717, 1.165) is 16.0 Å². The standard InChI is InChI=1S/C19H24ClN3O3/c1-12-9-16(25-4)17(26-5)10-14(12)11-23(3)13(2)19(24)22-15-7-6-8-21-18(15)20/h6-10,13H,11H2,1-5H3,(H,22,24)/p+1/t13-/m1/s1. The normalized spacial score (nSPS) is 13.0. The molecule has 1 heterocycles. The maximum absolute atomic E-state index is 12.5. The first-order valence-corrected chi connectivity index (χ1v) is 8.70. The number of halogens is 1. The number of carbonyl (C=O) groups is 1. The summed E-state index contributed by atoms with van der Waals surface area (Å²) in [5.74, 6) is 1.26. The van der Waals surface area contributed by atoms with Gasteiger partial charge in [0.1, 0.15) is 6.54 Å². The number of methoxy groups -OCH3 is 2. The number of ether oxygens (including phenoxy) is 2. The van der Waals surface area contributed by atoms with Gasteiger partial charge in [0.15, 0.2) is 22.7 Å². The molecule has 2 rings (SSSR count). The van der Waals surface area contributed by atoms with Crippen LogP contribution in [-0.2, 0) is 11.3 Å². The van der Waals surface area contributed by atoms with E-state index in [1.54, 1.807) is 32.5 Å². The second kappa shape index (κ2) is 8.87. The summed E-state index contributed by atoms with van der Waals surface area (Å²) in [4.78, 5) is 17.6. The summed E-state index contributed by atoms with van der Waals surface area (Å²) < 4.78 is 10.7. The van der Waals surface area contributed by atoms with Crippen LogP contribution in [0.25, 0.3) is 0 Å². The van der Waals surface area contributed by atoms with Crippen LogP contribution < -0.4 is 19.7 Å². The molecule has 0 saturated heterocycles. The summed E-state index contributed by atoms with van der Waals surface area (Å²) in [6, 6.07) is 7.09. The van der Waals surface area contributed by atoms with Crippen molar-refractivity contribution in [2.75, 3.05) is 26.6 Å². The minimum atomic E-state index is -0.279. The number of amides is 1. The van der Waals surface area contributed by atoms with Crippen LogP contribution in [0, 0.1) is 6.92 Å². The highest BCUT2D eigenvalue weighted by atomic mass is 35.5. The van der Waals surface area contributed by atoms with Crippen molar-refractivity contribution in [2.45, 2.75) is 26.4 Å². The van der Waals surface area contributed by atoms with Crippen LogP contribution >= 0.6 is 11.6 Å². The molecule has 0 aliphatic carbocycles. The van der Waals surface area contributed by atoms with Gasteiger partial charge >= 0.3 is 0 Å². The van der Waals surface area contributed by atoms with E-state index in [4.69, 9.17) is 21.1 Å². The number of rotatable bonds is 7. The minimum absolute atomic E-state index is 0.115. The average molecular weight is 379 g/mol. The molecule has 6 nitrogen and oxygen atoms in total. The molecule has 1 aromatic heterocycles. The number of nitrogens with zero attached hydrogens (tertiary/aromatic N) is 1.